The highest BCUT2D eigenvalue weighted by atomic mass is 32.2. The number of amides is 1. The van der Waals surface area contributed by atoms with E-state index < -0.39 is 0 Å². The summed E-state index contributed by atoms with van der Waals surface area (Å²) in [6.07, 6.45) is 3.35. The fourth-order valence-corrected chi connectivity index (χ4v) is 3.30. The molecule has 0 atom stereocenters. The number of allylic oxidation sites excluding steroid dienone is 1. The molecule has 0 spiro atoms. The molecule has 0 fully saturated rings. The Bertz CT molecular complexity index is 899. The molecule has 0 aliphatic heterocycles. The van der Waals surface area contributed by atoms with Crippen LogP contribution in [0.2, 0.25) is 0 Å². The zero-order valence-electron chi connectivity index (χ0n) is 15.4. The summed E-state index contributed by atoms with van der Waals surface area (Å²) in [6, 6.07) is 11.5. The molecule has 140 valence electrons. The van der Waals surface area contributed by atoms with E-state index in [0.717, 1.165) is 5.69 Å². The molecule has 6 nitrogen and oxygen atoms in total. The van der Waals surface area contributed by atoms with E-state index in [1.807, 2.05) is 34.9 Å². The van der Waals surface area contributed by atoms with Gasteiger partial charge in [-0.3, -0.25) is 9.36 Å². The van der Waals surface area contributed by atoms with Gasteiger partial charge in [-0.05, 0) is 35.7 Å². The van der Waals surface area contributed by atoms with Crippen LogP contribution in [0.4, 0.5) is 5.69 Å². The molecule has 0 radical (unpaired) electrons. The Morgan fingerprint density at radius 2 is 2.07 bits per heavy atom. The Morgan fingerprint density at radius 3 is 2.70 bits per heavy atom. The van der Waals surface area contributed by atoms with Crippen LogP contribution in [0.5, 0.6) is 0 Å². The SMILES string of the molecule is C=CCn1c(SCC(=O)Nc2ccc(C(C)C)cc2)nnc1-c1ccco1. The average Bonchev–Trinajstić information content (AvgIpc) is 3.30. The lowest BCUT2D eigenvalue weighted by atomic mass is 10.0. The number of carbonyl (C=O) groups is 1. The van der Waals surface area contributed by atoms with Crippen molar-refractivity contribution in [1.82, 2.24) is 14.8 Å². The van der Waals surface area contributed by atoms with Crippen LogP contribution in [-0.4, -0.2) is 26.4 Å². The summed E-state index contributed by atoms with van der Waals surface area (Å²) in [5.41, 5.74) is 2.03. The number of hydrogen-bond donors (Lipinski definition) is 1. The Hall–Kier alpha value is -2.80. The molecule has 0 saturated carbocycles. The van der Waals surface area contributed by atoms with Crippen molar-refractivity contribution < 1.29 is 9.21 Å². The Balaban J connectivity index is 1.64. The highest BCUT2D eigenvalue weighted by molar-refractivity contribution is 7.99. The van der Waals surface area contributed by atoms with Gasteiger partial charge in [0.15, 0.2) is 10.9 Å². The Labute approximate surface area is 162 Å². The highest BCUT2D eigenvalue weighted by Gasteiger charge is 2.16. The lowest BCUT2D eigenvalue weighted by molar-refractivity contribution is -0.113. The molecule has 0 saturated heterocycles. The molecule has 3 aromatic rings. The summed E-state index contributed by atoms with van der Waals surface area (Å²) >= 11 is 1.33. The van der Waals surface area contributed by atoms with E-state index in [1.54, 1.807) is 18.4 Å². The molecule has 7 heteroatoms. The maximum Gasteiger partial charge on any atom is 0.234 e. The summed E-state index contributed by atoms with van der Waals surface area (Å²) in [6.45, 7) is 8.58. The van der Waals surface area contributed by atoms with E-state index in [9.17, 15) is 4.79 Å². The van der Waals surface area contributed by atoms with Crippen molar-refractivity contribution in [2.24, 2.45) is 0 Å². The third-order valence-electron chi connectivity index (χ3n) is 3.96. The number of hydrogen-bond acceptors (Lipinski definition) is 5. The monoisotopic (exact) mass is 382 g/mol. The second-order valence-corrected chi connectivity index (χ2v) is 7.24. The highest BCUT2D eigenvalue weighted by Crippen LogP contribution is 2.24. The third kappa shape index (κ3) is 4.68. The van der Waals surface area contributed by atoms with Crippen LogP contribution in [0, 0.1) is 0 Å². The van der Waals surface area contributed by atoms with Crippen LogP contribution in [0.15, 0.2) is 64.9 Å². The van der Waals surface area contributed by atoms with Gasteiger partial charge >= 0.3 is 0 Å². The fourth-order valence-electron chi connectivity index (χ4n) is 2.56. The number of nitrogens with zero attached hydrogens (tertiary/aromatic N) is 3. The molecule has 0 aliphatic rings. The first-order chi connectivity index (χ1) is 13.1. The molecule has 2 heterocycles. The number of nitrogens with one attached hydrogen (secondary N) is 1. The smallest absolute Gasteiger partial charge is 0.234 e. The fraction of sp³-hybridized carbons (Fsp3) is 0.250. The van der Waals surface area contributed by atoms with E-state index in [-0.39, 0.29) is 11.7 Å². The molecular formula is C20H22N4O2S. The van der Waals surface area contributed by atoms with Gasteiger partial charge in [-0.25, -0.2) is 0 Å². The summed E-state index contributed by atoms with van der Waals surface area (Å²) in [5, 5.41) is 11.9. The van der Waals surface area contributed by atoms with E-state index in [4.69, 9.17) is 4.42 Å². The second-order valence-electron chi connectivity index (χ2n) is 6.30. The molecular weight excluding hydrogens is 360 g/mol. The van der Waals surface area contributed by atoms with Gasteiger partial charge in [-0.15, -0.1) is 16.8 Å². The number of rotatable bonds is 8. The summed E-state index contributed by atoms with van der Waals surface area (Å²) in [5.74, 6) is 1.85. The van der Waals surface area contributed by atoms with Crippen LogP contribution in [0.1, 0.15) is 25.3 Å². The van der Waals surface area contributed by atoms with Gasteiger partial charge in [-0.1, -0.05) is 43.8 Å². The van der Waals surface area contributed by atoms with E-state index in [1.165, 1.54) is 17.3 Å². The second kappa shape index (κ2) is 8.73. The van der Waals surface area contributed by atoms with Crippen molar-refractivity contribution in [2.45, 2.75) is 31.5 Å². The van der Waals surface area contributed by atoms with Gasteiger partial charge < -0.3 is 9.73 Å². The first-order valence-corrected chi connectivity index (χ1v) is 9.67. The number of benzene rings is 1. The van der Waals surface area contributed by atoms with Crippen molar-refractivity contribution in [2.75, 3.05) is 11.1 Å². The molecule has 1 amide bonds. The topological polar surface area (TPSA) is 73.0 Å². The van der Waals surface area contributed by atoms with E-state index >= 15 is 0 Å². The first-order valence-electron chi connectivity index (χ1n) is 8.69. The molecule has 1 N–H and O–H groups in total. The number of thioether (sulfide) groups is 1. The van der Waals surface area contributed by atoms with Gasteiger partial charge in [-0.2, -0.15) is 0 Å². The standard InChI is InChI=1S/C20H22N4O2S/c1-4-11-24-19(17-6-5-12-26-17)22-23-20(24)27-13-18(25)21-16-9-7-15(8-10-16)14(2)3/h4-10,12,14H,1,11,13H2,2-3H3,(H,21,25). The zero-order valence-corrected chi connectivity index (χ0v) is 16.2. The zero-order chi connectivity index (χ0) is 19.2. The average molecular weight is 382 g/mol. The number of aromatic nitrogens is 3. The van der Waals surface area contributed by atoms with Gasteiger partial charge in [0.1, 0.15) is 0 Å². The summed E-state index contributed by atoms with van der Waals surface area (Å²) in [7, 11) is 0. The number of furan rings is 1. The van der Waals surface area contributed by atoms with Gasteiger partial charge in [0.05, 0.1) is 12.0 Å². The number of carbonyl (C=O) groups excluding carboxylic acids is 1. The van der Waals surface area contributed by atoms with Crippen molar-refractivity contribution >= 4 is 23.4 Å². The van der Waals surface area contributed by atoms with E-state index in [0.29, 0.717) is 29.2 Å². The maximum absolute atomic E-state index is 12.3. The molecule has 27 heavy (non-hydrogen) atoms. The van der Waals surface area contributed by atoms with Crippen molar-refractivity contribution in [3.05, 3.63) is 60.9 Å². The quantitative estimate of drug-likeness (QED) is 0.456. The van der Waals surface area contributed by atoms with E-state index in [2.05, 4.69) is 35.9 Å². The molecule has 0 unspecified atom stereocenters. The number of anilines is 1. The molecule has 3 rings (SSSR count). The predicted molar refractivity (Wildman–Crippen MR) is 108 cm³/mol. The molecule has 1 aromatic carbocycles. The minimum atomic E-state index is -0.0926. The molecule has 0 bridgehead atoms. The predicted octanol–water partition coefficient (Wildman–Crippen LogP) is 4.58. The van der Waals surface area contributed by atoms with Gasteiger partial charge in [0.2, 0.25) is 11.7 Å². The molecule has 0 aliphatic carbocycles. The maximum atomic E-state index is 12.3. The van der Waals surface area contributed by atoms with Crippen LogP contribution in [-0.2, 0) is 11.3 Å². The third-order valence-corrected chi connectivity index (χ3v) is 4.93. The van der Waals surface area contributed by atoms with Crippen molar-refractivity contribution in [3.63, 3.8) is 0 Å². The lowest BCUT2D eigenvalue weighted by Gasteiger charge is -2.09. The first kappa shape index (κ1) is 19.0. The normalized spacial score (nSPS) is 10.9. The van der Waals surface area contributed by atoms with Crippen molar-refractivity contribution in [3.8, 4) is 11.6 Å². The Morgan fingerprint density at radius 1 is 1.30 bits per heavy atom. The van der Waals surface area contributed by atoms with Crippen LogP contribution < -0.4 is 5.32 Å². The van der Waals surface area contributed by atoms with Crippen molar-refractivity contribution in [1.29, 1.82) is 0 Å². The summed E-state index contributed by atoms with van der Waals surface area (Å²) in [4.78, 5) is 12.3. The largest absolute Gasteiger partial charge is 0.461 e. The lowest BCUT2D eigenvalue weighted by Crippen LogP contribution is -2.14. The van der Waals surface area contributed by atoms with Gasteiger partial charge in [0, 0.05) is 12.2 Å². The summed E-state index contributed by atoms with van der Waals surface area (Å²) < 4.78 is 7.28. The molecule has 2 aromatic heterocycles. The minimum absolute atomic E-state index is 0.0926. The minimum Gasteiger partial charge on any atom is -0.461 e. The van der Waals surface area contributed by atoms with Crippen LogP contribution in [0.3, 0.4) is 0 Å². The Kier molecular flexibility index (Phi) is 6.13. The van der Waals surface area contributed by atoms with Gasteiger partial charge in [0.25, 0.3) is 0 Å². The van der Waals surface area contributed by atoms with Crippen LogP contribution >= 0.6 is 11.8 Å². The van der Waals surface area contributed by atoms with Crippen LogP contribution in [0.25, 0.3) is 11.6 Å².